The summed E-state index contributed by atoms with van der Waals surface area (Å²) in [6.07, 6.45) is 30.0. The third-order valence-electron chi connectivity index (χ3n) is 31.4. The average Bonchev–Trinajstić information content (AvgIpc) is 1.81. The number of carbonyl (C=O) groups excluding carboxylic acids is 4. The fourth-order valence-electron chi connectivity index (χ4n) is 23.0. The third kappa shape index (κ3) is 32.1. The molecule has 18 rings (SSSR count). The number of likely N-dealkylation sites (tertiary alicyclic amines) is 1. The van der Waals surface area contributed by atoms with Gasteiger partial charge in [0.15, 0.2) is 5.82 Å². The van der Waals surface area contributed by atoms with Crippen LogP contribution in [0.25, 0.3) is 22.5 Å². The van der Waals surface area contributed by atoms with Gasteiger partial charge in [-0.25, -0.2) is 23.5 Å². The van der Waals surface area contributed by atoms with Gasteiger partial charge in [-0.2, -0.15) is 0 Å². The minimum Gasteiger partial charge on any atom is -0.497 e. The van der Waals surface area contributed by atoms with E-state index in [1.165, 1.54) is 178 Å². The van der Waals surface area contributed by atoms with Crippen LogP contribution in [0.2, 0.25) is 0 Å². The lowest BCUT2D eigenvalue weighted by molar-refractivity contribution is -0.120. The van der Waals surface area contributed by atoms with Gasteiger partial charge in [0.05, 0.1) is 32.3 Å². The molecule has 5 heterocycles. The summed E-state index contributed by atoms with van der Waals surface area (Å²) < 4.78 is 25.5. The van der Waals surface area contributed by atoms with Crippen molar-refractivity contribution in [2.24, 2.45) is 24.8 Å². The largest absolute Gasteiger partial charge is 0.497 e. The zero-order valence-corrected chi connectivity index (χ0v) is 86.5. The standard InChI is InChI=1S/C32H40N4O.C30H38FN5O.C30H44N4O2.C27H38N4O2/c1-25-12-18-29(19-13-25)34-32(37)33-24-31(28-16-14-27(15-17-28)26-8-4-2-5-9-26)36-22-20-35(21-23-36)30-10-6-3-7-11-30;1-35-30(32-33-34-35)29-11-5-4-9-25(29)19-28(37)18-24-8-2-3-10-26(24)21-36-16-6-7-23(20-36)17-22-12-14-27(31)15-13-22;1-30(2,3)24-12-10-23(11-13-24)28(22-31-29(35)32-25-14-16-27(36-4)17-15-25)34-20-18-33(19-21-34)26-8-6-5-7-9-26;1-21-8-12-23(13-9-21)29-27(32)28-20-26(22-10-14-25(33-2)15-11-22)31-18-16-30(17-19-31)24-6-4-3-5-7-24/h2,4-5,8-9,12-19,30-31H,3,6-7,10-11,20-24H2,1H3,(H2,33,34,37);4-5,9,11-15,23-24,26H,2-3,6-8,10,16-21H2,1H3;10-17,26,28H,5-9,18-22H2,1-4H3,(H2,31,32,35);8-15,24,26H,3-7,16-20H2,1-2H3,(H2,28,29,32)/t;23-,24-,26-;;/m.0../s1. The van der Waals surface area contributed by atoms with Gasteiger partial charge in [0.25, 0.3) is 0 Å². The van der Waals surface area contributed by atoms with Crippen molar-refractivity contribution in [3.05, 3.63) is 275 Å². The Hall–Kier alpha value is -11.2. The van der Waals surface area contributed by atoms with Crippen molar-refractivity contribution >= 4 is 40.9 Å². The molecular weight excluding hydrogens is 1780 g/mol. The van der Waals surface area contributed by atoms with Crippen molar-refractivity contribution in [2.75, 3.05) is 148 Å². The monoisotopic (exact) mass is 1940 g/mol. The topological polar surface area (TPSA) is 225 Å². The van der Waals surface area contributed by atoms with Crippen molar-refractivity contribution in [1.29, 1.82) is 0 Å². The molecule has 4 saturated carbocycles. The minimum absolute atomic E-state index is 0.121. The van der Waals surface area contributed by atoms with Crippen LogP contribution in [0, 0.1) is 37.4 Å². The number of carbonyl (C=O) groups is 4. The van der Waals surface area contributed by atoms with Gasteiger partial charge in [0.2, 0.25) is 0 Å². The highest BCUT2D eigenvalue weighted by Gasteiger charge is 2.36. The lowest BCUT2D eigenvalue weighted by atomic mass is 9.75. The second-order valence-electron chi connectivity index (χ2n) is 42.3. The predicted molar refractivity (Wildman–Crippen MR) is 577 cm³/mol. The molecule has 24 heteroatoms. The van der Waals surface area contributed by atoms with E-state index in [9.17, 15) is 23.6 Å². The number of hydrogen-bond donors (Lipinski definition) is 6. The van der Waals surface area contributed by atoms with E-state index < -0.39 is 0 Å². The number of Topliss-reactive ketones (excluding diaryl/α,β-unsaturated/α-hetero) is 1. The molecule has 6 atom stereocenters. The molecule has 8 aliphatic rings. The summed E-state index contributed by atoms with van der Waals surface area (Å²) >= 11 is 0. The molecule has 0 spiro atoms. The number of aromatic nitrogens is 4. The summed E-state index contributed by atoms with van der Waals surface area (Å²) in [7, 11) is 5.15. The Morgan fingerprint density at radius 1 is 0.420 bits per heavy atom. The molecule has 4 saturated heterocycles. The van der Waals surface area contributed by atoms with E-state index in [-0.39, 0.29) is 47.5 Å². The summed E-state index contributed by atoms with van der Waals surface area (Å²) in [5.74, 6) is 4.13. The van der Waals surface area contributed by atoms with Gasteiger partial charge >= 0.3 is 18.1 Å². The van der Waals surface area contributed by atoms with Gasteiger partial charge in [-0.1, -0.05) is 254 Å². The van der Waals surface area contributed by atoms with Gasteiger partial charge in [0.1, 0.15) is 23.1 Å². The number of tetrazole rings is 1. The number of hydrogen-bond acceptors (Lipinski definition) is 16. The molecule has 8 fully saturated rings. The first-order valence-corrected chi connectivity index (χ1v) is 53.7. The van der Waals surface area contributed by atoms with Crippen LogP contribution in [0.15, 0.2) is 224 Å². The van der Waals surface area contributed by atoms with Crippen LogP contribution >= 0.6 is 0 Å². The van der Waals surface area contributed by atoms with Gasteiger partial charge in [0, 0.05) is 172 Å². The Morgan fingerprint density at radius 3 is 1.25 bits per heavy atom. The van der Waals surface area contributed by atoms with Crippen molar-refractivity contribution in [3.8, 4) is 34.0 Å². The summed E-state index contributed by atoms with van der Waals surface area (Å²) in [6.45, 7) is 28.7. The maximum absolute atomic E-state index is 13.3. The Morgan fingerprint density at radius 2 is 0.818 bits per heavy atom. The number of ether oxygens (including phenoxy) is 2. The van der Waals surface area contributed by atoms with Crippen LogP contribution in [0.3, 0.4) is 0 Å². The molecule has 6 N–H and O–H groups in total. The number of nitrogens with one attached hydrogen (secondary N) is 6. The zero-order valence-electron chi connectivity index (χ0n) is 86.5. The second-order valence-corrected chi connectivity index (χ2v) is 42.3. The van der Waals surface area contributed by atoms with Crippen molar-refractivity contribution in [1.82, 2.24) is 70.5 Å². The SMILES string of the molecule is COc1ccc(C(CNC(=O)Nc2ccc(C)cc2)N2CCN(C3CCCCC3)CC2)cc1.COc1ccc(NC(=O)NCC(c2ccc(C(C)(C)C)cc2)N2CCN(C3CCCCC3)CC2)cc1.Cc1ccc(NC(=O)NCC(c2ccc(-c3ccccc3)cc2)N2CCN(C3CCCCC3)CC2)cc1.Cn1nnnc1-c1ccccc1CC(=O)C[C@@H]1CCCC[C@H]1CN1CCC[C@@H](Cc2ccc(F)cc2)C1. The number of benzene rings is 9. The van der Waals surface area contributed by atoms with E-state index in [0.29, 0.717) is 61.8 Å². The number of anilines is 3. The highest BCUT2D eigenvalue weighted by molar-refractivity contribution is 5.90. The van der Waals surface area contributed by atoms with E-state index in [4.69, 9.17) is 9.47 Å². The van der Waals surface area contributed by atoms with Gasteiger partial charge in [-0.05, 0) is 242 Å². The van der Waals surface area contributed by atoms with Gasteiger partial charge in [-0.3, -0.25) is 34.2 Å². The molecule has 143 heavy (non-hydrogen) atoms. The number of halogens is 1. The number of urea groups is 3. The van der Waals surface area contributed by atoms with E-state index >= 15 is 0 Å². The minimum atomic E-state index is -0.183. The number of piperazine rings is 3. The lowest BCUT2D eigenvalue weighted by Crippen LogP contribution is -2.53. The number of ketones is 1. The van der Waals surface area contributed by atoms with Crippen LogP contribution < -0.4 is 41.4 Å². The van der Waals surface area contributed by atoms with E-state index in [1.54, 1.807) is 31.0 Å². The summed E-state index contributed by atoms with van der Waals surface area (Å²) in [5.41, 5.74) is 15.5. The van der Waals surface area contributed by atoms with Gasteiger partial charge in [-0.15, -0.1) is 5.10 Å². The molecule has 23 nitrogen and oxygen atoms in total. The number of piperidine rings is 1. The lowest BCUT2D eigenvalue weighted by Gasteiger charge is -2.43. The number of rotatable bonds is 30. The van der Waals surface area contributed by atoms with Crippen molar-refractivity contribution < 1.29 is 33.0 Å². The molecule has 1 aromatic heterocycles. The molecular formula is C119H160FN17O6. The van der Waals surface area contributed by atoms with E-state index in [0.717, 1.165) is 169 Å². The highest BCUT2D eigenvalue weighted by atomic mass is 19.1. The number of nitrogens with zero attached hydrogens (tertiary/aromatic N) is 11. The quantitative estimate of drug-likeness (QED) is 0.0246. The maximum atomic E-state index is 13.3. The molecule has 0 radical (unpaired) electrons. The molecule has 4 aliphatic carbocycles. The first-order chi connectivity index (χ1) is 69.6. The normalized spacial score (nSPS) is 19.8. The van der Waals surface area contributed by atoms with Crippen LogP contribution in [-0.2, 0) is 30.1 Å². The Bertz CT molecular complexity index is 5470. The van der Waals surface area contributed by atoms with Crippen molar-refractivity contribution in [2.45, 2.75) is 230 Å². The molecule has 0 bridgehead atoms. The first kappa shape index (κ1) is 106. The highest BCUT2D eigenvalue weighted by Crippen LogP contribution is 2.39. The van der Waals surface area contributed by atoms with Crippen LogP contribution in [0.1, 0.15) is 225 Å². The second kappa shape index (κ2) is 54.1. The van der Waals surface area contributed by atoms with E-state index in [1.807, 2.05) is 148 Å². The first-order valence-electron chi connectivity index (χ1n) is 53.7. The van der Waals surface area contributed by atoms with Crippen LogP contribution in [0.4, 0.5) is 35.8 Å². The zero-order chi connectivity index (χ0) is 99.7. The Balaban J connectivity index is 0.000000144. The fraction of sp³-hybridized carbons (Fsp3) is 0.504. The number of aryl methyl sites for hydroxylation is 3. The maximum Gasteiger partial charge on any atom is 0.319 e. The molecule has 10 aromatic rings. The number of methoxy groups -OCH3 is 2. The smallest absolute Gasteiger partial charge is 0.319 e. The average molecular weight is 1940 g/mol. The number of amides is 6. The fourth-order valence-corrected chi connectivity index (χ4v) is 23.0. The molecule has 764 valence electrons. The molecule has 4 aliphatic heterocycles. The van der Waals surface area contributed by atoms with Gasteiger partial charge < -0.3 is 46.3 Å². The van der Waals surface area contributed by atoms with Crippen LogP contribution in [0.5, 0.6) is 11.5 Å². The predicted octanol–water partition coefficient (Wildman–Crippen LogP) is 22.4. The summed E-state index contributed by atoms with van der Waals surface area (Å²) in [5, 5.41) is 30.2. The summed E-state index contributed by atoms with van der Waals surface area (Å²) in [6, 6.07) is 77.0. The Kier molecular flexibility index (Phi) is 40.1. The molecule has 6 amide bonds. The van der Waals surface area contributed by atoms with Crippen LogP contribution in [-0.4, -0.2) is 229 Å². The molecule has 3 unspecified atom stereocenters. The van der Waals surface area contributed by atoms with E-state index in [2.05, 4.69) is 187 Å². The molecule has 9 aromatic carbocycles. The van der Waals surface area contributed by atoms with Crippen molar-refractivity contribution in [3.63, 3.8) is 0 Å². The third-order valence-corrected chi connectivity index (χ3v) is 31.4. The Labute approximate surface area is 851 Å². The summed E-state index contributed by atoms with van der Waals surface area (Å²) in [4.78, 5) is 69.8.